The molecule has 7 rings (SSSR count). The molecule has 50 heavy (non-hydrogen) atoms. The third-order valence-corrected chi connectivity index (χ3v) is 11.7. The molecule has 5 heterocycles. The van der Waals surface area contributed by atoms with E-state index in [9.17, 15) is 28.0 Å². The third kappa shape index (κ3) is 9.51. The molecule has 276 valence electrons. The van der Waals surface area contributed by atoms with Crippen molar-refractivity contribution in [2.45, 2.75) is 94.7 Å². The first kappa shape index (κ1) is 36.5. The first-order valence-electron chi connectivity index (χ1n) is 18.8. The van der Waals surface area contributed by atoms with Gasteiger partial charge in [0.15, 0.2) is 6.61 Å². The van der Waals surface area contributed by atoms with E-state index in [2.05, 4.69) is 20.4 Å². The summed E-state index contributed by atoms with van der Waals surface area (Å²) in [6.07, 6.45) is 6.02. The second kappa shape index (κ2) is 16.8. The summed E-state index contributed by atoms with van der Waals surface area (Å²) < 4.78 is 33.4. The van der Waals surface area contributed by atoms with Crippen molar-refractivity contribution in [3.05, 3.63) is 30.3 Å². The maximum Gasteiger partial charge on any atom is 0.258 e. The van der Waals surface area contributed by atoms with Gasteiger partial charge in [-0.15, -0.1) is 0 Å². The number of piperidine rings is 2. The SMILES string of the molecule is O=C(COc1ccccc1)NCCN1CC(=O)NCC[C@H]2CN(C3CCC(F)(F)CC3)CC[C@H]2CC(=O)N2CCC(CC2)N2CCC[C@H]2C1=O. The van der Waals surface area contributed by atoms with E-state index in [0.717, 1.165) is 45.3 Å². The Hall–Kier alpha value is -3.32. The molecule has 0 unspecified atom stereocenters. The van der Waals surface area contributed by atoms with Crippen molar-refractivity contribution < 1.29 is 32.7 Å². The number of benzene rings is 1. The van der Waals surface area contributed by atoms with Gasteiger partial charge >= 0.3 is 0 Å². The minimum Gasteiger partial charge on any atom is -0.484 e. The van der Waals surface area contributed by atoms with Crippen LogP contribution in [0.5, 0.6) is 5.75 Å². The standard InChI is InChI=1S/C37H54F2N6O5/c38-37(39)14-8-29(9-15-37)43-19-11-27-23-35(48)42-20-12-30(13-21-42)45-18-4-7-32(45)36(49)44(25-33(46)40-16-10-28(27)24-43)22-17-41-34(47)26-50-31-5-2-1-3-6-31/h1-3,5-6,27-30,32H,4,7-26H2,(H,40,46)(H,41,47)/t27-,28-,32-/m0/s1. The van der Waals surface area contributed by atoms with E-state index in [1.54, 1.807) is 17.0 Å². The van der Waals surface area contributed by atoms with E-state index in [4.69, 9.17) is 4.74 Å². The van der Waals surface area contributed by atoms with E-state index < -0.39 is 5.92 Å². The highest BCUT2D eigenvalue weighted by Crippen LogP contribution is 2.38. The van der Waals surface area contributed by atoms with Gasteiger partial charge in [-0.25, -0.2) is 8.78 Å². The lowest BCUT2D eigenvalue weighted by Crippen LogP contribution is -2.55. The van der Waals surface area contributed by atoms with E-state index >= 15 is 0 Å². The number of para-hydroxylation sites is 1. The molecule has 0 radical (unpaired) electrons. The molecule has 0 spiro atoms. The zero-order valence-corrected chi connectivity index (χ0v) is 29.2. The first-order valence-corrected chi connectivity index (χ1v) is 18.8. The van der Waals surface area contributed by atoms with Gasteiger partial charge in [-0.05, 0) is 88.4 Å². The van der Waals surface area contributed by atoms with Gasteiger partial charge in [-0.1, -0.05) is 18.2 Å². The highest BCUT2D eigenvalue weighted by atomic mass is 19.3. The lowest BCUT2D eigenvalue weighted by Gasteiger charge is -2.45. The van der Waals surface area contributed by atoms with Crippen LogP contribution in [0.1, 0.15) is 70.6 Å². The molecule has 11 nitrogen and oxygen atoms in total. The van der Waals surface area contributed by atoms with Crippen LogP contribution in [0.15, 0.2) is 30.3 Å². The maximum absolute atomic E-state index is 14.1. The molecule has 1 saturated carbocycles. The average Bonchev–Trinajstić information content (AvgIpc) is 3.61. The molecule has 1 aliphatic carbocycles. The van der Waals surface area contributed by atoms with Gasteiger partial charge in [-0.3, -0.25) is 24.1 Å². The zero-order chi connectivity index (χ0) is 35.1. The van der Waals surface area contributed by atoms with Crippen molar-refractivity contribution in [1.29, 1.82) is 0 Å². The van der Waals surface area contributed by atoms with Crippen LogP contribution in [0.25, 0.3) is 0 Å². The number of hydrogen-bond donors (Lipinski definition) is 2. The first-order chi connectivity index (χ1) is 24.1. The van der Waals surface area contributed by atoms with Crippen LogP contribution in [0.4, 0.5) is 8.78 Å². The van der Waals surface area contributed by atoms with Crippen molar-refractivity contribution in [3.63, 3.8) is 0 Å². The number of amides is 4. The summed E-state index contributed by atoms with van der Waals surface area (Å²) in [7, 11) is 0. The lowest BCUT2D eigenvalue weighted by atomic mass is 9.79. The van der Waals surface area contributed by atoms with Crippen LogP contribution in [-0.4, -0.2) is 133 Å². The summed E-state index contributed by atoms with van der Waals surface area (Å²) in [6.45, 7) is 4.22. The second-order valence-electron chi connectivity index (χ2n) is 15.0. The summed E-state index contributed by atoms with van der Waals surface area (Å²) >= 11 is 0. The Morgan fingerprint density at radius 1 is 0.900 bits per heavy atom. The van der Waals surface area contributed by atoms with Crippen molar-refractivity contribution in [2.75, 3.05) is 65.5 Å². The molecule has 6 fully saturated rings. The number of alkyl halides is 2. The molecule has 1 aromatic carbocycles. The number of hydrogen-bond acceptors (Lipinski definition) is 7. The zero-order valence-electron chi connectivity index (χ0n) is 29.2. The molecule has 0 aromatic heterocycles. The van der Waals surface area contributed by atoms with Gasteiger partial charge < -0.3 is 30.1 Å². The minimum atomic E-state index is -2.58. The van der Waals surface area contributed by atoms with Crippen molar-refractivity contribution in [3.8, 4) is 5.75 Å². The van der Waals surface area contributed by atoms with Crippen molar-refractivity contribution >= 4 is 23.6 Å². The van der Waals surface area contributed by atoms with Gasteiger partial charge in [0.25, 0.3) is 5.91 Å². The predicted octanol–water partition coefficient (Wildman–Crippen LogP) is 2.89. The largest absolute Gasteiger partial charge is 0.484 e. The molecule has 4 amide bonds. The fraction of sp³-hybridized carbons (Fsp3) is 0.730. The molecule has 1 aromatic rings. The Kier molecular flexibility index (Phi) is 12.3. The Bertz CT molecular complexity index is 1320. The highest BCUT2D eigenvalue weighted by molar-refractivity contribution is 5.88. The fourth-order valence-electron chi connectivity index (χ4n) is 8.87. The second-order valence-corrected chi connectivity index (χ2v) is 15.0. The molecule has 3 atom stereocenters. The molecule has 13 heteroatoms. The number of rotatable bonds is 7. The van der Waals surface area contributed by atoms with Crippen LogP contribution >= 0.6 is 0 Å². The van der Waals surface area contributed by atoms with E-state index in [1.807, 2.05) is 23.1 Å². The summed E-state index contributed by atoms with van der Waals surface area (Å²) in [5, 5.41) is 5.87. The molecule has 5 saturated heterocycles. The number of fused-ring (bicyclic) bond motifs is 9. The van der Waals surface area contributed by atoms with E-state index in [0.29, 0.717) is 57.5 Å². The predicted molar refractivity (Wildman–Crippen MR) is 183 cm³/mol. The summed E-state index contributed by atoms with van der Waals surface area (Å²) in [4.78, 5) is 61.8. The molecular weight excluding hydrogens is 646 g/mol. The summed E-state index contributed by atoms with van der Waals surface area (Å²) in [6, 6.07) is 9.06. The number of nitrogens with one attached hydrogen (secondary N) is 2. The minimum absolute atomic E-state index is 0.0780. The fourth-order valence-corrected chi connectivity index (χ4v) is 8.87. The maximum atomic E-state index is 14.1. The summed E-state index contributed by atoms with van der Waals surface area (Å²) in [5.41, 5.74) is 0. The van der Waals surface area contributed by atoms with Gasteiger partial charge in [0.05, 0.1) is 12.6 Å². The third-order valence-electron chi connectivity index (χ3n) is 11.7. The Balaban J connectivity index is 1.11. The molecule has 5 aliphatic heterocycles. The normalized spacial score (nSPS) is 28.1. The molecule has 2 N–H and O–H groups in total. The van der Waals surface area contributed by atoms with Crippen LogP contribution in [0.3, 0.4) is 0 Å². The molecule has 2 bridgehead atoms. The van der Waals surface area contributed by atoms with Gasteiger partial charge in [-0.2, -0.15) is 0 Å². The Morgan fingerprint density at radius 2 is 1.66 bits per heavy atom. The number of nitrogens with zero attached hydrogens (tertiary/aromatic N) is 4. The van der Waals surface area contributed by atoms with Crippen LogP contribution in [0.2, 0.25) is 0 Å². The number of ether oxygens (including phenoxy) is 1. The quantitative estimate of drug-likeness (QED) is 0.450. The van der Waals surface area contributed by atoms with E-state index in [1.165, 1.54) is 0 Å². The average molecular weight is 701 g/mol. The highest BCUT2D eigenvalue weighted by Gasteiger charge is 2.42. The number of carbonyl (C=O) groups excluding carboxylic acids is 4. The monoisotopic (exact) mass is 700 g/mol. The topological polar surface area (TPSA) is 115 Å². The van der Waals surface area contributed by atoms with Crippen LogP contribution in [-0.2, 0) is 19.2 Å². The summed E-state index contributed by atoms with van der Waals surface area (Å²) in [5.74, 6) is -2.15. The Labute approximate surface area is 294 Å². The van der Waals surface area contributed by atoms with Crippen LogP contribution in [0, 0.1) is 11.8 Å². The van der Waals surface area contributed by atoms with Crippen molar-refractivity contribution in [1.82, 2.24) is 30.2 Å². The molecular formula is C37H54F2N6O5. The van der Waals surface area contributed by atoms with Gasteiger partial charge in [0, 0.05) is 70.6 Å². The number of halogens is 2. The van der Waals surface area contributed by atoms with E-state index in [-0.39, 0.29) is 92.7 Å². The number of likely N-dealkylation sites (tertiary alicyclic amines) is 1. The lowest BCUT2D eigenvalue weighted by molar-refractivity contribution is -0.141. The van der Waals surface area contributed by atoms with Gasteiger partial charge in [0.1, 0.15) is 5.75 Å². The van der Waals surface area contributed by atoms with Gasteiger partial charge in [0.2, 0.25) is 23.6 Å². The van der Waals surface area contributed by atoms with Crippen molar-refractivity contribution in [2.24, 2.45) is 11.8 Å². The van der Waals surface area contributed by atoms with Crippen LogP contribution < -0.4 is 15.4 Å². The number of carbonyl (C=O) groups is 4. The Morgan fingerprint density at radius 3 is 2.42 bits per heavy atom. The smallest absolute Gasteiger partial charge is 0.258 e. The molecule has 6 aliphatic rings.